The first-order chi connectivity index (χ1) is 9.15. The van der Waals surface area contributed by atoms with Crippen LogP contribution in [0.2, 0.25) is 10.0 Å². The lowest BCUT2D eigenvalue weighted by Gasteiger charge is -2.10. The van der Waals surface area contributed by atoms with E-state index in [9.17, 15) is 0 Å². The highest BCUT2D eigenvalue weighted by Crippen LogP contribution is 2.25. The average Bonchev–Trinajstić information content (AvgIpc) is 2.40. The van der Waals surface area contributed by atoms with E-state index in [0.29, 0.717) is 23.2 Å². The molecule has 2 rings (SSSR count). The van der Waals surface area contributed by atoms with Gasteiger partial charge in [-0.1, -0.05) is 39.1 Å². The largest absolute Gasteiger partial charge is 0.492 e. The molecule has 19 heavy (non-hydrogen) atoms. The van der Waals surface area contributed by atoms with Gasteiger partial charge in [0.1, 0.15) is 12.4 Å². The van der Waals surface area contributed by atoms with Crippen LogP contribution in [0.4, 0.5) is 5.69 Å². The topological polar surface area (TPSA) is 21.3 Å². The van der Waals surface area contributed by atoms with Gasteiger partial charge < -0.3 is 10.1 Å². The molecule has 2 aromatic rings. The Balaban J connectivity index is 1.80. The summed E-state index contributed by atoms with van der Waals surface area (Å²) in [6.07, 6.45) is 0. The standard InChI is InChI=1S/C14H12BrCl2NO/c15-10-1-4-12(5-2-10)19-8-7-18-14-9-11(16)3-6-13(14)17/h1-6,9,18H,7-8H2. The summed E-state index contributed by atoms with van der Waals surface area (Å²) < 4.78 is 6.62. The molecule has 1 N–H and O–H groups in total. The maximum absolute atomic E-state index is 6.04. The normalized spacial score (nSPS) is 10.3. The molecule has 0 aliphatic heterocycles. The van der Waals surface area contributed by atoms with Crippen LogP contribution in [0.25, 0.3) is 0 Å². The smallest absolute Gasteiger partial charge is 0.119 e. The van der Waals surface area contributed by atoms with Gasteiger partial charge in [-0.3, -0.25) is 0 Å². The molecule has 100 valence electrons. The van der Waals surface area contributed by atoms with Crippen LogP contribution in [0, 0.1) is 0 Å². The third-order valence-corrected chi connectivity index (χ3v) is 3.52. The van der Waals surface area contributed by atoms with Crippen LogP contribution in [-0.2, 0) is 0 Å². The predicted octanol–water partition coefficient (Wildman–Crippen LogP) is 5.25. The van der Waals surface area contributed by atoms with Crippen molar-refractivity contribution in [1.29, 1.82) is 0 Å². The molecule has 0 spiro atoms. The monoisotopic (exact) mass is 359 g/mol. The Kier molecular flexibility index (Phi) is 5.37. The molecule has 0 saturated carbocycles. The molecule has 0 saturated heterocycles. The quantitative estimate of drug-likeness (QED) is 0.735. The highest BCUT2D eigenvalue weighted by molar-refractivity contribution is 9.10. The second-order valence-electron chi connectivity index (χ2n) is 3.85. The average molecular weight is 361 g/mol. The van der Waals surface area contributed by atoms with Crippen LogP contribution < -0.4 is 10.1 Å². The molecule has 0 unspecified atom stereocenters. The van der Waals surface area contributed by atoms with Gasteiger partial charge in [0.05, 0.1) is 10.7 Å². The molecular weight excluding hydrogens is 349 g/mol. The molecule has 2 aromatic carbocycles. The van der Waals surface area contributed by atoms with Crippen molar-refractivity contribution in [3.63, 3.8) is 0 Å². The molecule has 0 aliphatic carbocycles. The molecular formula is C14H12BrCl2NO. The predicted molar refractivity (Wildman–Crippen MR) is 84.6 cm³/mol. The zero-order valence-corrected chi connectivity index (χ0v) is 13.1. The van der Waals surface area contributed by atoms with Crippen LogP contribution >= 0.6 is 39.1 Å². The van der Waals surface area contributed by atoms with E-state index in [4.69, 9.17) is 27.9 Å². The molecule has 0 radical (unpaired) electrons. The van der Waals surface area contributed by atoms with Crippen molar-refractivity contribution in [3.8, 4) is 5.75 Å². The molecule has 0 fully saturated rings. The third kappa shape index (κ3) is 4.60. The highest BCUT2D eigenvalue weighted by atomic mass is 79.9. The van der Waals surface area contributed by atoms with E-state index < -0.39 is 0 Å². The van der Waals surface area contributed by atoms with E-state index in [1.807, 2.05) is 24.3 Å². The first-order valence-corrected chi connectivity index (χ1v) is 7.27. The number of nitrogens with one attached hydrogen (secondary N) is 1. The third-order valence-electron chi connectivity index (χ3n) is 2.43. The number of halogens is 3. The second-order valence-corrected chi connectivity index (χ2v) is 5.61. The minimum absolute atomic E-state index is 0.546. The van der Waals surface area contributed by atoms with Crippen molar-refractivity contribution < 1.29 is 4.74 Å². The first kappa shape index (κ1) is 14.5. The Hall–Kier alpha value is -0.900. The molecule has 0 heterocycles. The lowest BCUT2D eigenvalue weighted by Crippen LogP contribution is -2.11. The van der Waals surface area contributed by atoms with Crippen molar-refractivity contribution in [2.24, 2.45) is 0 Å². The van der Waals surface area contributed by atoms with Gasteiger partial charge in [0.2, 0.25) is 0 Å². The van der Waals surface area contributed by atoms with Crippen molar-refractivity contribution in [3.05, 3.63) is 57.0 Å². The van der Waals surface area contributed by atoms with Crippen LogP contribution in [0.3, 0.4) is 0 Å². The summed E-state index contributed by atoms with van der Waals surface area (Å²) in [5, 5.41) is 4.48. The van der Waals surface area contributed by atoms with E-state index in [1.165, 1.54) is 0 Å². The fourth-order valence-electron chi connectivity index (χ4n) is 1.52. The highest BCUT2D eigenvalue weighted by Gasteiger charge is 2.00. The lowest BCUT2D eigenvalue weighted by atomic mass is 10.3. The van der Waals surface area contributed by atoms with Crippen LogP contribution in [-0.4, -0.2) is 13.2 Å². The lowest BCUT2D eigenvalue weighted by molar-refractivity contribution is 0.333. The Labute approximate surface area is 130 Å². The fourth-order valence-corrected chi connectivity index (χ4v) is 2.14. The number of anilines is 1. The number of rotatable bonds is 5. The molecule has 5 heteroatoms. The number of hydrogen-bond acceptors (Lipinski definition) is 2. The zero-order chi connectivity index (χ0) is 13.7. The number of hydrogen-bond donors (Lipinski definition) is 1. The van der Waals surface area contributed by atoms with Crippen molar-refractivity contribution in [2.75, 3.05) is 18.5 Å². The summed E-state index contributed by atoms with van der Waals surface area (Å²) in [6, 6.07) is 13.0. The first-order valence-electron chi connectivity index (χ1n) is 5.72. The maximum Gasteiger partial charge on any atom is 0.119 e. The minimum atomic E-state index is 0.546. The van der Waals surface area contributed by atoms with Crippen molar-refractivity contribution >= 4 is 44.8 Å². The SMILES string of the molecule is Clc1ccc(Cl)c(NCCOc2ccc(Br)cc2)c1. The Morgan fingerprint density at radius 3 is 2.53 bits per heavy atom. The summed E-state index contributed by atoms with van der Waals surface area (Å²) in [5.41, 5.74) is 0.813. The fraction of sp³-hybridized carbons (Fsp3) is 0.143. The van der Waals surface area contributed by atoms with E-state index in [0.717, 1.165) is 15.9 Å². The van der Waals surface area contributed by atoms with Crippen LogP contribution in [0.15, 0.2) is 46.9 Å². The number of benzene rings is 2. The van der Waals surface area contributed by atoms with Gasteiger partial charge in [-0.15, -0.1) is 0 Å². The Bertz CT molecular complexity index is 546. The Morgan fingerprint density at radius 1 is 1.05 bits per heavy atom. The Morgan fingerprint density at radius 2 is 1.79 bits per heavy atom. The van der Waals surface area contributed by atoms with E-state index in [1.54, 1.807) is 18.2 Å². The van der Waals surface area contributed by atoms with Gasteiger partial charge in [0.25, 0.3) is 0 Å². The van der Waals surface area contributed by atoms with Gasteiger partial charge >= 0.3 is 0 Å². The second kappa shape index (κ2) is 7.04. The van der Waals surface area contributed by atoms with Crippen molar-refractivity contribution in [2.45, 2.75) is 0 Å². The summed E-state index contributed by atoms with van der Waals surface area (Å²) >= 11 is 15.3. The van der Waals surface area contributed by atoms with Crippen LogP contribution in [0.5, 0.6) is 5.75 Å². The number of ether oxygens (including phenoxy) is 1. The molecule has 0 bridgehead atoms. The van der Waals surface area contributed by atoms with E-state index in [-0.39, 0.29) is 0 Å². The summed E-state index contributed by atoms with van der Waals surface area (Å²) in [6.45, 7) is 1.20. The molecule has 2 nitrogen and oxygen atoms in total. The van der Waals surface area contributed by atoms with Gasteiger partial charge in [-0.25, -0.2) is 0 Å². The van der Waals surface area contributed by atoms with Gasteiger partial charge in [-0.2, -0.15) is 0 Å². The van der Waals surface area contributed by atoms with Gasteiger partial charge in [0, 0.05) is 16.0 Å². The summed E-state index contributed by atoms with van der Waals surface area (Å²) in [7, 11) is 0. The summed E-state index contributed by atoms with van der Waals surface area (Å²) in [5.74, 6) is 0.835. The van der Waals surface area contributed by atoms with Crippen LogP contribution in [0.1, 0.15) is 0 Å². The molecule has 0 aromatic heterocycles. The van der Waals surface area contributed by atoms with Crippen molar-refractivity contribution in [1.82, 2.24) is 0 Å². The molecule has 0 atom stereocenters. The zero-order valence-electron chi connectivity index (χ0n) is 10.00. The van der Waals surface area contributed by atoms with E-state index in [2.05, 4.69) is 21.2 Å². The van der Waals surface area contributed by atoms with Gasteiger partial charge in [0.15, 0.2) is 0 Å². The van der Waals surface area contributed by atoms with Gasteiger partial charge in [-0.05, 0) is 42.5 Å². The van der Waals surface area contributed by atoms with E-state index >= 15 is 0 Å². The molecule has 0 amide bonds. The minimum Gasteiger partial charge on any atom is -0.492 e. The molecule has 0 aliphatic rings. The summed E-state index contributed by atoms with van der Waals surface area (Å²) in [4.78, 5) is 0. The maximum atomic E-state index is 6.04.